The second-order valence-corrected chi connectivity index (χ2v) is 12.6. The van der Waals surface area contributed by atoms with Crippen molar-refractivity contribution in [1.29, 1.82) is 0 Å². The fraction of sp³-hybridized carbons (Fsp3) is 1.00. The first-order valence-electron chi connectivity index (χ1n) is 5.97. The molecule has 0 atom stereocenters. The maximum absolute atomic E-state index is 5.72. The third-order valence-corrected chi connectivity index (χ3v) is 15.1. The fourth-order valence-corrected chi connectivity index (χ4v) is 13.0. The quantitative estimate of drug-likeness (QED) is 0.508. The second-order valence-electron chi connectivity index (χ2n) is 3.66. The molecule has 0 aromatic rings. The lowest BCUT2D eigenvalue weighted by molar-refractivity contribution is -0.146. The second kappa shape index (κ2) is 7.60. The molecule has 0 amide bonds. The van der Waals surface area contributed by atoms with Gasteiger partial charge in [-0.2, -0.15) is 0 Å². The molecule has 0 aliphatic carbocycles. The maximum atomic E-state index is 5.72. The number of hydrogen-bond acceptors (Lipinski definition) is 2. The Hall–Kier alpha value is 0.354. The molecule has 0 aliphatic heterocycles. The Morgan fingerprint density at radius 3 is 1.53 bits per heavy atom. The summed E-state index contributed by atoms with van der Waals surface area (Å²) in [6, 6.07) is 3.95. The van der Waals surface area contributed by atoms with E-state index in [1.54, 1.807) is 14.2 Å². The van der Waals surface area contributed by atoms with E-state index in [1.807, 2.05) is 0 Å². The number of ether oxygens (including phenoxy) is 2. The molecule has 0 aromatic carbocycles. The van der Waals surface area contributed by atoms with Crippen LogP contribution in [0.2, 0.25) is 18.1 Å². The predicted octanol–water partition coefficient (Wildman–Crippen LogP) is 3.05. The van der Waals surface area contributed by atoms with Crippen LogP contribution in [0.4, 0.5) is 0 Å². The van der Waals surface area contributed by atoms with Crippen molar-refractivity contribution < 1.29 is 9.47 Å². The molecule has 2 nitrogen and oxygen atoms in total. The molecule has 0 aliphatic rings. The largest absolute Gasteiger partial charge is 0.354 e. The van der Waals surface area contributed by atoms with Crippen LogP contribution in [0.3, 0.4) is 0 Å². The van der Waals surface area contributed by atoms with Gasteiger partial charge in [0.2, 0.25) is 0 Å². The lowest BCUT2D eigenvalue weighted by Crippen LogP contribution is -2.47. The number of methoxy groups -OCH3 is 2. The van der Waals surface area contributed by atoms with Crippen molar-refractivity contribution in [2.75, 3.05) is 14.2 Å². The van der Waals surface area contributed by atoms with E-state index in [0.717, 1.165) is 6.42 Å². The monoisotopic (exact) mass is 246 g/mol. The van der Waals surface area contributed by atoms with Crippen molar-refractivity contribution in [1.82, 2.24) is 0 Å². The predicted molar refractivity (Wildman–Crippen MR) is 70.0 cm³/mol. The summed E-state index contributed by atoms with van der Waals surface area (Å²) in [5.74, 6) is 0. The van der Waals surface area contributed by atoms with Crippen molar-refractivity contribution in [2.45, 2.75) is 57.7 Å². The summed E-state index contributed by atoms with van der Waals surface area (Å²) in [6.45, 7) is 9.12. The molecule has 90 valence electrons. The van der Waals surface area contributed by atoms with Gasteiger partial charge in [0.05, 0.1) is 7.89 Å². The van der Waals surface area contributed by atoms with Crippen molar-refractivity contribution in [2.24, 2.45) is 0 Å². The topological polar surface area (TPSA) is 18.5 Å². The summed E-state index contributed by atoms with van der Waals surface area (Å²) in [7, 11) is 2.84. The molecule has 0 unspecified atom stereocenters. The highest BCUT2D eigenvalue weighted by atomic mass is 28.9. The molecular weight excluding hydrogens is 220 g/mol. The van der Waals surface area contributed by atoms with Gasteiger partial charge >= 0.3 is 0 Å². The van der Waals surface area contributed by atoms with E-state index in [2.05, 4.69) is 27.7 Å². The van der Waals surface area contributed by atoms with Gasteiger partial charge in [0.15, 0.2) is 5.41 Å². The molecule has 0 aromatic heterocycles. The molecule has 0 fully saturated rings. The standard InChI is InChI=1S/C11H26O2Si2/c1-7-11(12-5,13-6)15(10-4)14(8-2)9-3/h7-10H2,1-6H3. The molecule has 0 saturated heterocycles. The van der Waals surface area contributed by atoms with E-state index < -0.39 is 7.89 Å². The van der Waals surface area contributed by atoms with Gasteiger partial charge in [-0.3, -0.25) is 0 Å². The highest BCUT2D eigenvalue weighted by Gasteiger charge is 2.33. The minimum Gasteiger partial charge on any atom is -0.354 e. The lowest BCUT2D eigenvalue weighted by atomic mass is 10.5. The first-order chi connectivity index (χ1) is 7.15. The summed E-state index contributed by atoms with van der Waals surface area (Å²) in [6.07, 6.45) is 0.982. The molecule has 4 heteroatoms. The Morgan fingerprint density at radius 2 is 1.33 bits per heavy atom. The van der Waals surface area contributed by atoms with Crippen LogP contribution in [-0.4, -0.2) is 35.4 Å². The Bertz CT molecular complexity index is 196. The van der Waals surface area contributed by atoms with Crippen LogP contribution < -0.4 is 0 Å². The smallest absolute Gasteiger partial charge is 0.161 e. The van der Waals surface area contributed by atoms with Crippen LogP contribution in [0.5, 0.6) is 0 Å². The molecule has 0 saturated carbocycles. The highest BCUT2D eigenvalue weighted by molar-refractivity contribution is 6.97. The van der Waals surface area contributed by atoms with Gasteiger partial charge < -0.3 is 9.47 Å². The van der Waals surface area contributed by atoms with Gasteiger partial charge in [-0.05, 0) is 20.4 Å². The summed E-state index contributed by atoms with van der Waals surface area (Å²) in [5, 5.41) is 0. The Balaban J connectivity index is 5.30. The van der Waals surface area contributed by atoms with Gasteiger partial charge in [0.25, 0.3) is 0 Å². The van der Waals surface area contributed by atoms with E-state index in [0.29, 0.717) is 0 Å². The molecule has 0 N–H and O–H groups in total. The number of hydrogen-bond donors (Lipinski definition) is 0. The van der Waals surface area contributed by atoms with Crippen LogP contribution >= 0.6 is 0 Å². The molecule has 0 radical (unpaired) electrons. The van der Waals surface area contributed by atoms with Crippen molar-refractivity contribution in [3.8, 4) is 0 Å². The summed E-state index contributed by atoms with van der Waals surface area (Å²) < 4.78 is 11.4. The third-order valence-electron chi connectivity index (χ3n) is 3.22. The van der Waals surface area contributed by atoms with E-state index in [-0.39, 0.29) is 13.3 Å². The maximum Gasteiger partial charge on any atom is 0.161 e. The first kappa shape index (κ1) is 15.4. The average molecular weight is 246 g/mol. The lowest BCUT2D eigenvalue weighted by Gasteiger charge is -2.33. The number of rotatable bonds is 7. The van der Waals surface area contributed by atoms with Crippen molar-refractivity contribution >= 4 is 15.8 Å². The third kappa shape index (κ3) is 3.41. The van der Waals surface area contributed by atoms with E-state index in [1.165, 1.54) is 18.1 Å². The van der Waals surface area contributed by atoms with E-state index in [9.17, 15) is 0 Å². The van der Waals surface area contributed by atoms with Crippen LogP contribution in [-0.2, 0) is 9.47 Å². The first-order valence-corrected chi connectivity index (χ1v) is 10.6. The van der Waals surface area contributed by atoms with Crippen molar-refractivity contribution in [3.05, 3.63) is 0 Å². The van der Waals surface area contributed by atoms with Crippen LogP contribution in [0.25, 0.3) is 0 Å². The van der Waals surface area contributed by atoms with Crippen molar-refractivity contribution in [3.63, 3.8) is 0 Å². The van der Waals surface area contributed by atoms with Gasteiger partial charge in [0, 0.05) is 14.2 Å². The van der Waals surface area contributed by atoms with E-state index >= 15 is 0 Å². The highest BCUT2D eigenvalue weighted by Crippen LogP contribution is 2.20. The molecule has 0 bridgehead atoms. The summed E-state index contributed by atoms with van der Waals surface area (Å²) in [4.78, 5) is 0. The minimum atomic E-state index is -0.517. The summed E-state index contributed by atoms with van der Waals surface area (Å²) >= 11 is 0. The zero-order valence-electron chi connectivity index (χ0n) is 11.1. The average Bonchev–Trinajstić information content (AvgIpc) is 2.30. The van der Waals surface area contributed by atoms with E-state index in [4.69, 9.17) is 9.47 Å². The van der Waals surface area contributed by atoms with Crippen LogP contribution in [0, 0.1) is 0 Å². The normalized spacial score (nSPS) is 11.6. The Morgan fingerprint density at radius 1 is 0.867 bits per heavy atom. The van der Waals surface area contributed by atoms with Crippen LogP contribution in [0.15, 0.2) is 0 Å². The molecule has 15 heavy (non-hydrogen) atoms. The van der Waals surface area contributed by atoms with Gasteiger partial charge in [0.1, 0.15) is 0 Å². The van der Waals surface area contributed by atoms with Gasteiger partial charge in [-0.1, -0.05) is 39.8 Å². The molecule has 0 rings (SSSR count). The zero-order valence-corrected chi connectivity index (χ0v) is 13.1. The molecular formula is C11H26O2Si2. The fourth-order valence-electron chi connectivity index (χ4n) is 2.30. The SMILES string of the molecule is CC[Si](CC)=[Si](CC)C(CC)(OC)OC. The molecule has 0 heterocycles. The summed E-state index contributed by atoms with van der Waals surface area (Å²) in [5.41, 5.74) is -0.236. The van der Waals surface area contributed by atoms with Crippen LogP contribution in [0.1, 0.15) is 34.1 Å². The Labute approximate surface area is 97.5 Å². The Kier molecular flexibility index (Phi) is 7.78. The van der Waals surface area contributed by atoms with Gasteiger partial charge in [-0.15, -0.1) is 0 Å². The minimum absolute atomic E-state index is 0.236. The van der Waals surface area contributed by atoms with Gasteiger partial charge in [-0.25, -0.2) is 0 Å². The zero-order chi connectivity index (χ0) is 11.9. The molecule has 0 spiro atoms.